The molecule has 2 aromatic heterocycles. The molecule has 1 aliphatic heterocycles. The Balaban J connectivity index is 1.65. The van der Waals surface area contributed by atoms with E-state index in [1.807, 2.05) is 19.2 Å². The molecular formula is C24H30N6O4S. The van der Waals surface area contributed by atoms with E-state index in [1.54, 1.807) is 7.11 Å². The average molecular weight is 499 g/mol. The Labute approximate surface area is 207 Å². The van der Waals surface area contributed by atoms with Gasteiger partial charge in [0.1, 0.15) is 0 Å². The molecule has 35 heavy (non-hydrogen) atoms. The number of thiazole rings is 1. The summed E-state index contributed by atoms with van der Waals surface area (Å²) in [6.45, 7) is 6.11. The number of carboxylic acid groups (broad SMARTS) is 1. The van der Waals surface area contributed by atoms with Gasteiger partial charge in [0.25, 0.3) is 0 Å². The summed E-state index contributed by atoms with van der Waals surface area (Å²) in [5.41, 5.74) is 4.51. The molecule has 3 heterocycles. The molecule has 1 aliphatic rings. The molecule has 2 amide bonds. The van der Waals surface area contributed by atoms with Gasteiger partial charge in [0, 0.05) is 38.5 Å². The first-order valence-electron chi connectivity index (χ1n) is 11.7. The minimum Gasteiger partial charge on any atom is -0.481 e. The van der Waals surface area contributed by atoms with Gasteiger partial charge in [-0.1, -0.05) is 18.3 Å². The maximum atomic E-state index is 12.0. The highest BCUT2D eigenvalue weighted by molar-refractivity contribution is 7.22. The van der Waals surface area contributed by atoms with Crippen molar-refractivity contribution in [3.63, 3.8) is 0 Å². The lowest BCUT2D eigenvalue weighted by Gasteiger charge is -2.30. The van der Waals surface area contributed by atoms with Gasteiger partial charge in [-0.2, -0.15) is 0 Å². The lowest BCUT2D eigenvalue weighted by Crippen LogP contribution is -2.37. The number of aryl methyl sites for hydroxylation is 1. The van der Waals surface area contributed by atoms with E-state index in [1.165, 1.54) is 11.3 Å². The highest BCUT2D eigenvalue weighted by Crippen LogP contribution is 2.35. The predicted octanol–water partition coefficient (Wildman–Crippen LogP) is 3.90. The first kappa shape index (κ1) is 24.8. The molecule has 3 N–H and O–H groups in total. The molecule has 4 rings (SSSR count). The third-order valence-electron chi connectivity index (χ3n) is 6.05. The minimum atomic E-state index is -0.733. The number of hydrogen-bond donors (Lipinski definition) is 3. The second kappa shape index (κ2) is 11.0. The average Bonchev–Trinajstić information content (AvgIpc) is 3.26. The number of rotatable bonds is 8. The van der Waals surface area contributed by atoms with Crippen LogP contribution < -0.4 is 15.5 Å². The largest absolute Gasteiger partial charge is 0.481 e. The van der Waals surface area contributed by atoms with Crippen LogP contribution in [0.1, 0.15) is 37.9 Å². The number of hydrogen-bond acceptors (Lipinski definition) is 8. The van der Waals surface area contributed by atoms with E-state index < -0.39 is 5.97 Å². The molecule has 0 unspecified atom stereocenters. The second-order valence-electron chi connectivity index (χ2n) is 8.40. The Bertz CT molecular complexity index is 1220. The van der Waals surface area contributed by atoms with Crippen LogP contribution >= 0.6 is 11.3 Å². The zero-order chi connectivity index (χ0) is 24.9. The first-order valence-corrected chi connectivity index (χ1v) is 12.6. The molecule has 1 fully saturated rings. The van der Waals surface area contributed by atoms with Crippen LogP contribution in [0.4, 0.5) is 15.9 Å². The molecule has 0 radical (unpaired) electrons. The van der Waals surface area contributed by atoms with E-state index >= 15 is 0 Å². The van der Waals surface area contributed by atoms with Gasteiger partial charge in [-0.15, -0.1) is 0 Å². The smallest absolute Gasteiger partial charge is 0.321 e. The molecule has 1 saturated heterocycles. The highest BCUT2D eigenvalue weighted by Gasteiger charge is 2.26. The number of piperidine rings is 1. The SMILES string of the molecule is CCNC(=O)Nc1nc2cc(-c3cnc(N4CCC(C(=O)O)CC4)nc3CC)cc(COC)c2s1. The second-order valence-corrected chi connectivity index (χ2v) is 9.40. The van der Waals surface area contributed by atoms with Crippen molar-refractivity contribution in [2.75, 3.05) is 37.0 Å². The number of anilines is 2. The Morgan fingerprint density at radius 2 is 2.00 bits per heavy atom. The van der Waals surface area contributed by atoms with E-state index in [2.05, 4.69) is 38.5 Å². The van der Waals surface area contributed by atoms with Gasteiger partial charge < -0.3 is 20.1 Å². The maximum absolute atomic E-state index is 12.0. The third kappa shape index (κ3) is 5.51. The van der Waals surface area contributed by atoms with Crippen molar-refractivity contribution in [2.24, 2.45) is 5.92 Å². The number of benzene rings is 1. The standard InChI is InChI=1S/C24H30N6O4S/c1-4-18-17(12-26-22(27-18)30-8-6-14(7-9-30)21(31)32)15-10-16(13-34-3)20-19(11-15)28-24(35-20)29-23(33)25-5-2/h10-12,14H,4-9,13H2,1-3H3,(H,31,32)(H2,25,28,29,33). The molecule has 1 aromatic carbocycles. The van der Waals surface area contributed by atoms with Crippen LogP contribution in [-0.4, -0.2) is 58.8 Å². The minimum absolute atomic E-state index is 0.287. The normalized spacial score (nSPS) is 14.3. The number of aromatic nitrogens is 3. The van der Waals surface area contributed by atoms with Gasteiger partial charge in [0.15, 0.2) is 5.13 Å². The van der Waals surface area contributed by atoms with Crippen molar-refractivity contribution in [3.05, 3.63) is 29.6 Å². The number of carboxylic acids is 1. The van der Waals surface area contributed by atoms with Crippen LogP contribution in [0.2, 0.25) is 0 Å². The number of methoxy groups -OCH3 is 1. The number of carbonyl (C=O) groups is 2. The van der Waals surface area contributed by atoms with Crippen LogP contribution in [0.3, 0.4) is 0 Å². The number of aliphatic carboxylic acids is 1. The Hall–Kier alpha value is -3.31. The number of carbonyl (C=O) groups excluding carboxylic acids is 1. The summed E-state index contributed by atoms with van der Waals surface area (Å²) in [7, 11) is 1.65. The number of amides is 2. The van der Waals surface area contributed by atoms with E-state index in [4.69, 9.17) is 9.72 Å². The summed E-state index contributed by atoms with van der Waals surface area (Å²) in [6.07, 6.45) is 3.74. The van der Waals surface area contributed by atoms with E-state index in [0.717, 1.165) is 39.0 Å². The topological polar surface area (TPSA) is 130 Å². The van der Waals surface area contributed by atoms with Crippen LogP contribution in [-0.2, 0) is 22.6 Å². The monoisotopic (exact) mass is 498 g/mol. The fourth-order valence-corrected chi connectivity index (χ4v) is 5.21. The Morgan fingerprint density at radius 1 is 1.23 bits per heavy atom. The summed E-state index contributed by atoms with van der Waals surface area (Å²) < 4.78 is 6.39. The number of nitrogens with zero attached hydrogens (tertiary/aromatic N) is 4. The quantitative estimate of drug-likeness (QED) is 0.426. The lowest BCUT2D eigenvalue weighted by atomic mass is 9.97. The first-order chi connectivity index (χ1) is 16.9. The van der Waals surface area contributed by atoms with Gasteiger partial charge in [0.2, 0.25) is 5.95 Å². The zero-order valence-corrected chi connectivity index (χ0v) is 20.9. The molecule has 0 aliphatic carbocycles. The highest BCUT2D eigenvalue weighted by atomic mass is 32.1. The summed E-state index contributed by atoms with van der Waals surface area (Å²) in [5, 5.41) is 15.3. The molecule has 0 spiro atoms. The van der Waals surface area contributed by atoms with E-state index in [9.17, 15) is 14.7 Å². The van der Waals surface area contributed by atoms with Gasteiger partial charge >= 0.3 is 12.0 Å². The third-order valence-corrected chi connectivity index (χ3v) is 7.11. The van der Waals surface area contributed by atoms with Crippen molar-refractivity contribution in [2.45, 2.75) is 39.7 Å². The lowest BCUT2D eigenvalue weighted by molar-refractivity contribution is -0.142. The van der Waals surface area contributed by atoms with Crippen LogP contribution in [0.15, 0.2) is 18.3 Å². The van der Waals surface area contributed by atoms with E-state index in [-0.39, 0.29) is 11.9 Å². The summed E-state index contributed by atoms with van der Waals surface area (Å²) >= 11 is 1.41. The zero-order valence-electron chi connectivity index (χ0n) is 20.1. The van der Waals surface area contributed by atoms with Crippen LogP contribution in [0, 0.1) is 5.92 Å². The Morgan fingerprint density at radius 3 is 2.66 bits per heavy atom. The number of fused-ring (bicyclic) bond motifs is 1. The van der Waals surface area contributed by atoms with Gasteiger partial charge in [-0.3, -0.25) is 10.1 Å². The van der Waals surface area contributed by atoms with Crippen molar-refractivity contribution in [3.8, 4) is 11.1 Å². The van der Waals surface area contributed by atoms with Crippen LogP contribution in [0.5, 0.6) is 0 Å². The molecular weight excluding hydrogens is 468 g/mol. The molecule has 3 aromatic rings. The molecule has 10 nitrogen and oxygen atoms in total. The van der Waals surface area contributed by atoms with Gasteiger partial charge in [-0.05, 0) is 49.4 Å². The van der Waals surface area contributed by atoms with Gasteiger partial charge in [-0.25, -0.2) is 19.7 Å². The molecule has 0 saturated carbocycles. The molecule has 186 valence electrons. The summed E-state index contributed by atoms with van der Waals surface area (Å²) in [5.74, 6) is -0.397. The fourth-order valence-electron chi connectivity index (χ4n) is 4.27. The van der Waals surface area contributed by atoms with Crippen LogP contribution in [0.25, 0.3) is 21.3 Å². The van der Waals surface area contributed by atoms with Crippen molar-refractivity contribution >= 4 is 44.6 Å². The fraction of sp³-hybridized carbons (Fsp3) is 0.458. The maximum Gasteiger partial charge on any atom is 0.321 e. The van der Waals surface area contributed by atoms with Crippen molar-refractivity contribution < 1.29 is 19.4 Å². The molecule has 11 heteroatoms. The summed E-state index contributed by atoms with van der Waals surface area (Å²) in [4.78, 5) is 39.4. The predicted molar refractivity (Wildman–Crippen MR) is 136 cm³/mol. The number of ether oxygens (including phenoxy) is 1. The Kier molecular flexibility index (Phi) is 7.76. The molecule has 0 bridgehead atoms. The molecule has 0 atom stereocenters. The van der Waals surface area contributed by atoms with Crippen molar-refractivity contribution in [1.82, 2.24) is 20.3 Å². The van der Waals surface area contributed by atoms with Gasteiger partial charge in [0.05, 0.1) is 28.4 Å². The van der Waals surface area contributed by atoms with Crippen molar-refractivity contribution in [1.29, 1.82) is 0 Å². The number of urea groups is 1. The summed E-state index contributed by atoms with van der Waals surface area (Å²) in [6, 6.07) is 3.77. The number of nitrogens with one attached hydrogen (secondary N) is 2. The van der Waals surface area contributed by atoms with E-state index in [0.29, 0.717) is 50.2 Å².